The van der Waals surface area contributed by atoms with Crippen LogP contribution in [0, 0.1) is 0 Å². The second kappa shape index (κ2) is 24.0. The van der Waals surface area contributed by atoms with Gasteiger partial charge in [0.15, 0.2) is 34.3 Å². The smallest absolute Gasteiger partial charge is 0.399 e. The first kappa shape index (κ1) is 58.2. The summed E-state index contributed by atoms with van der Waals surface area (Å²) in [5, 5.41) is 33.4. The first-order valence-electron chi connectivity index (χ1n) is 30.0. The molecule has 17 heteroatoms. The zero-order valence-corrected chi connectivity index (χ0v) is 51.1. The molecule has 6 aromatic heterocycles. The Bertz CT molecular complexity index is 4410. The number of aliphatic hydroxyl groups excluding tert-OH is 1. The number of aromatic amines is 3. The average Bonchev–Trinajstić information content (AvgIpc) is 4.24. The Balaban J connectivity index is 0.000000103. The van der Waals surface area contributed by atoms with E-state index in [1.54, 1.807) is 18.6 Å². The molecule has 5 aromatic carbocycles. The first-order valence-corrected chi connectivity index (χ1v) is 30.8. The van der Waals surface area contributed by atoms with Gasteiger partial charge in [0.2, 0.25) is 0 Å². The van der Waals surface area contributed by atoms with E-state index in [0.29, 0.717) is 19.3 Å². The molecule has 4 N–H and O–H groups in total. The second-order valence-electron chi connectivity index (χ2n) is 24.2. The highest BCUT2D eigenvalue weighted by molar-refractivity contribution is 9.10. The van der Waals surface area contributed by atoms with Crippen LogP contribution in [0.15, 0.2) is 157 Å². The van der Waals surface area contributed by atoms with Crippen LogP contribution in [0.25, 0.3) is 72.1 Å². The van der Waals surface area contributed by atoms with E-state index in [9.17, 15) is 19.5 Å². The number of carbonyl (C=O) groups excluding carboxylic acids is 3. The van der Waals surface area contributed by atoms with Crippen molar-refractivity contribution in [2.75, 3.05) is 6.61 Å². The molecule has 1 aliphatic heterocycles. The molecular formula is C71H65BBrN9O6. The molecular weight excluding hydrogens is 1170 g/mol. The number of ketones is 3. The molecule has 5 aliphatic carbocycles. The van der Waals surface area contributed by atoms with E-state index < -0.39 is 0 Å². The minimum absolute atomic E-state index is 0.230. The van der Waals surface area contributed by atoms with Gasteiger partial charge >= 0.3 is 7.12 Å². The zero-order chi connectivity index (χ0) is 60.8. The molecule has 1 fully saturated rings. The average molecular weight is 1230 g/mol. The van der Waals surface area contributed by atoms with Gasteiger partial charge in [-0.1, -0.05) is 89.2 Å². The minimum atomic E-state index is -0.385. The summed E-state index contributed by atoms with van der Waals surface area (Å²) in [6.45, 7) is 12.5. The van der Waals surface area contributed by atoms with Crippen LogP contribution in [0.4, 0.5) is 0 Å². The maximum atomic E-state index is 11.8. The van der Waals surface area contributed by atoms with Crippen molar-refractivity contribution in [3.8, 4) is 33.4 Å². The number of carbonyl (C=O) groups is 3. The summed E-state index contributed by atoms with van der Waals surface area (Å²) in [6, 6.07) is 37.2. The molecule has 0 radical (unpaired) electrons. The number of H-pyrrole nitrogens is 3. The number of pyridine rings is 3. The van der Waals surface area contributed by atoms with Gasteiger partial charge < -0.3 is 14.4 Å². The summed E-state index contributed by atoms with van der Waals surface area (Å²) >= 11 is 3.34. The van der Waals surface area contributed by atoms with Crippen molar-refractivity contribution in [1.82, 2.24) is 45.5 Å². The Labute approximate surface area is 518 Å². The topological polar surface area (TPSA) is 215 Å². The van der Waals surface area contributed by atoms with E-state index in [1.165, 1.54) is 44.5 Å². The normalized spacial score (nSPS) is 17.1. The number of Topliss-reactive ketones (excluding diaryl/α,β-unsaturated/α-hetero) is 3. The van der Waals surface area contributed by atoms with Crippen LogP contribution in [0.2, 0.25) is 0 Å². The summed E-state index contributed by atoms with van der Waals surface area (Å²) in [5.41, 5.74) is 22.1. The molecule has 0 saturated carbocycles. The van der Waals surface area contributed by atoms with Crippen LogP contribution in [-0.4, -0.2) is 92.9 Å². The third-order valence-corrected chi connectivity index (χ3v) is 18.9. The van der Waals surface area contributed by atoms with Crippen LogP contribution in [0.5, 0.6) is 0 Å². The Morgan fingerprint density at radius 1 is 0.500 bits per heavy atom. The minimum Gasteiger partial charge on any atom is -0.399 e. The van der Waals surface area contributed by atoms with Crippen molar-refractivity contribution >= 4 is 84.5 Å². The number of hydrogen-bond acceptors (Lipinski definition) is 12. The fourth-order valence-electron chi connectivity index (χ4n) is 12.7. The quantitative estimate of drug-likeness (QED) is 0.118. The molecule has 440 valence electrons. The van der Waals surface area contributed by atoms with Crippen LogP contribution in [0.1, 0.15) is 136 Å². The van der Waals surface area contributed by atoms with Gasteiger partial charge in [0.25, 0.3) is 0 Å². The number of allylic oxidation sites excluding steroid dienone is 1. The van der Waals surface area contributed by atoms with E-state index in [-0.39, 0.29) is 48.2 Å². The monoisotopic (exact) mass is 1230 g/mol. The van der Waals surface area contributed by atoms with Crippen LogP contribution in [0.3, 0.4) is 0 Å². The zero-order valence-electron chi connectivity index (χ0n) is 49.5. The number of nitrogens with one attached hydrogen (secondary N) is 3. The number of nitrogens with zero attached hydrogens (tertiary/aromatic N) is 6. The van der Waals surface area contributed by atoms with E-state index >= 15 is 0 Å². The molecule has 6 aliphatic rings. The molecule has 88 heavy (non-hydrogen) atoms. The number of halogens is 1. The lowest BCUT2D eigenvalue weighted by molar-refractivity contribution is 0.00578. The molecule has 0 spiro atoms. The van der Waals surface area contributed by atoms with E-state index in [1.807, 2.05) is 107 Å². The SMILES string of the molecule is C=C1CCc2ccc(-c3ccnc4[nH]ncc34)cc21.CC1(C)OB(c2ccc3c(c2)C(=O)CC3)OC1(C)C.O=C1CCc2ccc(-c3ccnc4[nH]ncc34)cc21.O=C1CCc2ccc(Br)cc21.OCC1CCc2ccc(-c3ccnc4[nH]ncc34)cc21. The summed E-state index contributed by atoms with van der Waals surface area (Å²) in [4.78, 5) is 47.6. The molecule has 1 saturated heterocycles. The molecule has 1 atom stereocenters. The highest BCUT2D eigenvalue weighted by Crippen LogP contribution is 2.40. The van der Waals surface area contributed by atoms with Crippen molar-refractivity contribution < 1.29 is 28.8 Å². The van der Waals surface area contributed by atoms with E-state index in [2.05, 4.69) is 117 Å². The Hall–Kier alpha value is -8.87. The van der Waals surface area contributed by atoms with Crippen molar-refractivity contribution in [2.24, 2.45) is 0 Å². The Morgan fingerprint density at radius 3 is 1.43 bits per heavy atom. The van der Waals surface area contributed by atoms with Crippen molar-refractivity contribution in [2.45, 2.75) is 109 Å². The largest absolute Gasteiger partial charge is 0.494 e. The lowest BCUT2D eigenvalue weighted by Gasteiger charge is -2.32. The van der Waals surface area contributed by atoms with Crippen LogP contribution in [-0.2, 0) is 41.4 Å². The maximum Gasteiger partial charge on any atom is 0.494 e. The number of benzene rings is 5. The molecule has 7 heterocycles. The Kier molecular flexibility index (Phi) is 15.9. The first-order chi connectivity index (χ1) is 42.6. The van der Waals surface area contributed by atoms with Gasteiger partial charge in [-0.3, -0.25) is 29.7 Å². The molecule has 17 rings (SSSR count). The van der Waals surface area contributed by atoms with Crippen molar-refractivity contribution in [3.05, 3.63) is 213 Å². The van der Waals surface area contributed by atoms with E-state index in [4.69, 9.17) is 9.31 Å². The molecule has 11 aromatic rings. The van der Waals surface area contributed by atoms with Gasteiger partial charge in [-0.05, 0) is 198 Å². The summed E-state index contributed by atoms with van der Waals surface area (Å²) in [7, 11) is -0.385. The van der Waals surface area contributed by atoms with Crippen LogP contribution >= 0.6 is 15.9 Å². The summed E-state index contributed by atoms with van der Waals surface area (Å²) in [5.74, 6) is 1.04. The standard InChI is InChI=1S/C16H15N3O.C16H13N3.C15H19BO3.C15H11N3O.C9H7BrO/c20-9-12-4-2-10-1-3-11(7-14(10)12)13-5-6-17-16-15(13)8-18-19-16;1-10-2-3-11-4-5-12(8-14(10)11)13-6-7-17-16-15(13)9-18-19-16;1-14(2)15(3,4)19-16(18-14)11-7-5-10-6-8-13(17)12(10)9-11;19-14-4-3-9-1-2-10(7-12(9)14)11-5-6-16-15-13(11)8-17-18-15;10-7-3-1-6-2-4-9(11)8(6)5-7/h1,3,5-8,12,20H,2,4,9H2,(H,17,18,19);4-9H,1-3H2,(H,17,18,19);5,7,9H,6,8H2,1-4H3;1-2,5-8H,3-4H2,(H,16,17,18);1,3,5H,2,4H2. The van der Waals surface area contributed by atoms with Crippen molar-refractivity contribution in [1.29, 1.82) is 0 Å². The summed E-state index contributed by atoms with van der Waals surface area (Å²) < 4.78 is 13.0. The maximum absolute atomic E-state index is 11.8. The van der Waals surface area contributed by atoms with Gasteiger partial charge in [0, 0.05) is 87.7 Å². The third kappa shape index (κ3) is 11.4. The molecule has 0 amide bonds. The Morgan fingerprint density at radius 2 is 0.920 bits per heavy atom. The predicted octanol–water partition coefficient (Wildman–Crippen LogP) is 13.7. The van der Waals surface area contributed by atoms with Gasteiger partial charge in [-0.15, -0.1) is 0 Å². The lowest BCUT2D eigenvalue weighted by Crippen LogP contribution is -2.41. The molecule has 1 unspecified atom stereocenters. The number of aryl methyl sites for hydroxylation is 5. The van der Waals surface area contributed by atoms with Gasteiger partial charge in [-0.2, -0.15) is 15.3 Å². The molecule has 0 bridgehead atoms. The van der Waals surface area contributed by atoms with Gasteiger partial charge in [0.1, 0.15) is 0 Å². The van der Waals surface area contributed by atoms with Gasteiger partial charge in [-0.25, -0.2) is 15.0 Å². The highest BCUT2D eigenvalue weighted by Gasteiger charge is 2.52. The van der Waals surface area contributed by atoms with E-state index in [0.717, 1.165) is 138 Å². The lowest BCUT2D eigenvalue weighted by atomic mass is 9.78. The van der Waals surface area contributed by atoms with Crippen molar-refractivity contribution in [3.63, 3.8) is 0 Å². The number of aliphatic hydroxyl groups is 1. The van der Waals surface area contributed by atoms with Crippen LogP contribution < -0.4 is 5.46 Å². The predicted molar refractivity (Wildman–Crippen MR) is 348 cm³/mol. The summed E-state index contributed by atoms with van der Waals surface area (Å²) in [6.07, 6.45) is 19.7. The second-order valence-corrected chi connectivity index (χ2v) is 25.1. The number of aromatic nitrogens is 9. The molecule has 15 nitrogen and oxygen atoms in total. The fourth-order valence-corrected chi connectivity index (χ4v) is 13.0. The third-order valence-electron chi connectivity index (χ3n) is 18.4. The van der Waals surface area contributed by atoms with Gasteiger partial charge in [0.05, 0.1) is 29.8 Å². The number of fused-ring (bicyclic) bond motifs is 8. The number of rotatable bonds is 5. The fraction of sp³-hybridized carbons (Fsp3) is 0.254. The highest BCUT2D eigenvalue weighted by atomic mass is 79.9. The number of hydrogen-bond donors (Lipinski definition) is 4.